The van der Waals surface area contributed by atoms with E-state index in [1.165, 1.54) is 0 Å². The highest BCUT2D eigenvalue weighted by Gasteiger charge is 2.29. The molecule has 1 rings (SSSR count). The summed E-state index contributed by atoms with van der Waals surface area (Å²) >= 11 is 0. The van der Waals surface area contributed by atoms with E-state index in [9.17, 15) is 9.59 Å². The smallest absolute Gasteiger partial charge is 0.239 e. The van der Waals surface area contributed by atoms with Gasteiger partial charge in [-0.1, -0.05) is 13.3 Å². The fourth-order valence-corrected chi connectivity index (χ4v) is 2.60. The normalized spacial score (nSPS) is 20.6. The third kappa shape index (κ3) is 5.09. The van der Waals surface area contributed by atoms with E-state index in [4.69, 9.17) is 11.5 Å². The number of carbonyl (C=O) groups is 2. The molecule has 1 aliphatic rings. The highest BCUT2D eigenvalue weighted by Crippen LogP contribution is 2.18. The van der Waals surface area contributed by atoms with Gasteiger partial charge in [0.1, 0.15) is 0 Å². The van der Waals surface area contributed by atoms with Crippen LogP contribution in [0.4, 0.5) is 0 Å². The van der Waals surface area contributed by atoms with Crippen molar-refractivity contribution < 1.29 is 9.59 Å². The molecule has 0 spiro atoms. The number of piperidine rings is 1. The van der Waals surface area contributed by atoms with E-state index in [0.29, 0.717) is 25.9 Å². The van der Waals surface area contributed by atoms with Gasteiger partial charge in [0.05, 0.1) is 6.04 Å². The number of rotatable bonds is 7. The van der Waals surface area contributed by atoms with Crippen molar-refractivity contribution in [2.75, 3.05) is 19.6 Å². The van der Waals surface area contributed by atoms with E-state index in [-0.39, 0.29) is 17.9 Å². The third-order valence-corrected chi connectivity index (χ3v) is 3.73. The number of nitrogens with one attached hydrogen (secondary N) is 1. The highest BCUT2D eigenvalue weighted by atomic mass is 16.2. The Morgan fingerprint density at radius 1 is 1.40 bits per heavy atom. The molecule has 2 atom stereocenters. The molecule has 0 saturated carbocycles. The van der Waals surface area contributed by atoms with Crippen LogP contribution in [0.2, 0.25) is 0 Å². The first-order valence-corrected chi connectivity index (χ1v) is 7.63. The average Bonchev–Trinajstić information content (AvgIpc) is 2.45. The monoisotopic (exact) mass is 284 g/mol. The predicted molar refractivity (Wildman–Crippen MR) is 78.9 cm³/mol. The molecule has 6 nitrogen and oxygen atoms in total. The molecule has 0 aliphatic carbocycles. The van der Waals surface area contributed by atoms with Crippen molar-refractivity contribution in [3.8, 4) is 0 Å². The summed E-state index contributed by atoms with van der Waals surface area (Å²) in [5, 5.41) is 2.86. The molecule has 1 saturated heterocycles. The number of nitrogens with two attached hydrogens (primary N) is 2. The molecule has 0 aromatic heterocycles. The number of carbonyl (C=O) groups excluding carboxylic acids is 2. The number of hydrogen-bond donors (Lipinski definition) is 3. The second-order valence-corrected chi connectivity index (χ2v) is 5.42. The Bertz CT molecular complexity index is 322. The standard InChI is InChI=1S/C14H28N4O2/c1-2-5-12(16)14(20)18-9-4-3-6-11(18)10-17-13(19)7-8-15/h11-12H,2-10,15-16H2,1H3,(H,17,19). The van der Waals surface area contributed by atoms with Crippen LogP contribution in [0.25, 0.3) is 0 Å². The van der Waals surface area contributed by atoms with Crippen LogP contribution < -0.4 is 16.8 Å². The minimum absolute atomic E-state index is 0.0182. The molecule has 1 fully saturated rings. The maximum Gasteiger partial charge on any atom is 0.239 e. The minimum Gasteiger partial charge on any atom is -0.354 e. The van der Waals surface area contributed by atoms with Crippen molar-refractivity contribution in [1.82, 2.24) is 10.2 Å². The van der Waals surface area contributed by atoms with Gasteiger partial charge in [0.15, 0.2) is 0 Å². The topological polar surface area (TPSA) is 101 Å². The molecule has 2 amide bonds. The summed E-state index contributed by atoms with van der Waals surface area (Å²) in [5.41, 5.74) is 11.3. The van der Waals surface area contributed by atoms with Crippen molar-refractivity contribution in [3.63, 3.8) is 0 Å². The Hall–Kier alpha value is -1.14. The summed E-state index contributed by atoms with van der Waals surface area (Å²) in [6.07, 6.45) is 4.96. The van der Waals surface area contributed by atoms with E-state index in [1.54, 1.807) is 0 Å². The van der Waals surface area contributed by atoms with Crippen LogP contribution in [0.3, 0.4) is 0 Å². The molecule has 6 heteroatoms. The van der Waals surface area contributed by atoms with E-state index in [0.717, 1.165) is 32.2 Å². The minimum atomic E-state index is -0.416. The van der Waals surface area contributed by atoms with Crippen molar-refractivity contribution in [2.24, 2.45) is 11.5 Å². The summed E-state index contributed by atoms with van der Waals surface area (Å²) in [4.78, 5) is 25.7. The van der Waals surface area contributed by atoms with Crippen LogP contribution in [-0.4, -0.2) is 48.4 Å². The molecule has 20 heavy (non-hydrogen) atoms. The number of likely N-dealkylation sites (tertiary alicyclic amines) is 1. The molecule has 116 valence electrons. The summed E-state index contributed by atoms with van der Waals surface area (Å²) in [5.74, 6) is -0.0343. The molecule has 0 bridgehead atoms. The summed E-state index contributed by atoms with van der Waals surface area (Å²) < 4.78 is 0. The lowest BCUT2D eigenvalue weighted by Gasteiger charge is -2.37. The van der Waals surface area contributed by atoms with E-state index < -0.39 is 6.04 Å². The van der Waals surface area contributed by atoms with Gasteiger partial charge in [-0.15, -0.1) is 0 Å². The van der Waals surface area contributed by atoms with Gasteiger partial charge in [0, 0.05) is 32.1 Å². The van der Waals surface area contributed by atoms with Crippen LogP contribution in [0.15, 0.2) is 0 Å². The molecule has 2 unspecified atom stereocenters. The van der Waals surface area contributed by atoms with Gasteiger partial charge in [-0.3, -0.25) is 9.59 Å². The number of amides is 2. The van der Waals surface area contributed by atoms with Crippen LogP contribution in [0.1, 0.15) is 45.4 Å². The Balaban J connectivity index is 2.53. The SMILES string of the molecule is CCCC(N)C(=O)N1CCCCC1CNC(=O)CCN. The Morgan fingerprint density at radius 3 is 2.80 bits per heavy atom. The van der Waals surface area contributed by atoms with Gasteiger partial charge >= 0.3 is 0 Å². The molecule has 5 N–H and O–H groups in total. The first-order valence-electron chi connectivity index (χ1n) is 7.63. The summed E-state index contributed by atoms with van der Waals surface area (Å²) in [6, 6.07) is -0.346. The van der Waals surface area contributed by atoms with E-state index >= 15 is 0 Å². The fourth-order valence-electron chi connectivity index (χ4n) is 2.60. The van der Waals surface area contributed by atoms with Crippen LogP contribution in [0, 0.1) is 0 Å². The largest absolute Gasteiger partial charge is 0.354 e. The number of nitrogens with zero attached hydrogens (tertiary/aromatic N) is 1. The maximum absolute atomic E-state index is 12.3. The Morgan fingerprint density at radius 2 is 2.15 bits per heavy atom. The van der Waals surface area contributed by atoms with Crippen LogP contribution in [-0.2, 0) is 9.59 Å². The van der Waals surface area contributed by atoms with E-state index in [1.807, 2.05) is 11.8 Å². The van der Waals surface area contributed by atoms with Crippen molar-refractivity contribution in [3.05, 3.63) is 0 Å². The van der Waals surface area contributed by atoms with Gasteiger partial charge in [-0.05, 0) is 25.7 Å². The van der Waals surface area contributed by atoms with Crippen molar-refractivity contribution in [1.29, 1.82) is 0 Å². The molecule has 0 aromatic carbocycles. The lowest BCUT2D eigenvalue weighted by Crippen LogP contribution is -2.54. The molecule has 0 radical (unpaired) electrons. The summed E-state index contributed by atoms with van der Waals surface area (Å²) in [7, 11) is 0. The molecular formula is C14H28N4O2. The van der Waals surface area contributed by atoms with Crippen LogP contribution >= 0.6 is 0 Å². The Labute approximate surface area is 121 Å². The zero-order chi connectivity index (χ0) is 15.0. The molecule has 1 heterocycles. The zero-order valence-electron chi connectivity index (χ0n) is 12.4. The molecule has 1 aliphatic heterocycles. The lowest BCUT2D eigenvalue weighted by molar-refractivity contribution is -0.137. The molecular weight excluding hydrogens is 256 g/mol. The van der Waals surface area contributed by atoms with Crippen molar-refractivity contribution >= 4 is 11.8 Å². The fraction of sp³-hybridized carbons (Fsp3) is 0.857. The highest BCUT2D eigenvalue weighted by molar-refractivity contribution is 5.82. The second-order valence-electron chi connectivity index (χ2n) is 5.42. The second kappa shape index (κ2) is 8.92. The number of hydrogen-bond acceptors (Lipinski definition) is 4. The van der Waals surface area contributed by atoms with E-state index in [2.05, 4.69) is 5.32 Å². The first kappa shape index (κ1) is 16.9. The average molecular weight is 284 g/mol. The van der Waals surface area contributed by atoms with Crippen LogP contribution in [0.5, 0.6) is 0 Å². The lowest BCUT2D eigenvalue weighted by atomic mass is 10.00. The van der Waals surface area contributed by atoms with Gasteiger partial charge in [0.2, 0.25) is 11.8 Å². The quantitative estimate of drug-likeness (QED) is 0.610. The van der Waals surface area contributed by atoms with Crippen molar-refractivity contribution in [2.45, 2.75) is 57.5 Å². The third-order valence-electron chi connectivity index (χ3n) is 3.73. The Kier molecular flexibility index (Phi) is 7.54. The first-order chi connectivity index (χ1) is 9.60. The molecule has 0 aromatic rings. The summed E-state index contributed by atoms with van der Waals surface area (Å²) in [6.45, 7) is 3.62. The maximum atomic E-state index is 12.3. The van der Waals surface area contributed by atoms with Gasteiger partial charge in [-0.25, -0.2) is 0 Å². The predicted octanol–water partition coefficient (Wildman–Crippen LogP) is -0.0401. The van der Waals surface area contributed by atoms with Gasteiger partial charge < -0.3 is 21.7 Å². The van der Waals surface area contributed by atoms with Gasteiger partial charge in [-0.2, -0.15) is 0 Å². The zero-order valence-corrected chi connectivity index (χ0v) is 12.4. The van der Waals surface area contributed by atoms with Gasteiger partial charge in [0.25, 0.3) is 0 Å².